The average Bonchev–Trinajstić information content (AvgIpc) is 3.29. The van der Waals surface area contributed by atoms with Crippen LogP contribution in [0.1, 0.15) is 19.4 Å². The number of aromatic nitrogens is 4. The van der Waals surface area contributed by atoms with E-state index in [0.29, 0.717) is 31.1 Å². The molecule has 4 rings (SSSR count). The van der Waals surface area contributed by atoms with Gasteiger partial charge in [-0.1, -0.05) is 37.0 Å². The quantitative estimate of drug-likeness (QED) is 0.437. The number of hydrogen-bond donors (Lipinski definition) is 2. The highest BCUT2D eigenvalue weighted by atomic mass is 35.5. The van der Waals surface area contributed by atoms with Crippen LogP contribution in [0.2, 0.25) is 0 Å². The molecule has 1 amide bonds. The lowest BCUT2D eigenvalue weighted by Gasteiger charge is -2.28. The topological polar surface area (TPSA) is 106 Å². The lowest BCUT2D eigenvalue weighted by Crippen LogP contribution is -2.44. The van der Waals surface area contributed by atoms with Crippen LogP contribution in [-0.2, 0) is 24.3 Å². The fourth-order valence-corrected chi connectivity index (χ4v) is 4.38. The Morgan fingerprint density at radius 1 is 1.19 bits per heavy atom. The summed E-state index contributed by atoms with van der Waals surface area (Å²) in [6.07, 6.45) is 5.90. The van der Waals surface area contributed by atoms with Gasteiger partial charge in [-0.3, -0.25) is 18.7 Å². The monoisotopic (exact) mass is 523 g/mol. The molecule has 194 valence electrons. The smallest absolute Gasteiger partial charge is 0.337 e. The van der Waals surface area contributed by atoms with Gasteiger partial charge < -0.3 is 15.5 Å². The molecule has 1 aliphatic heterocycles. The van der Waals surface area contributed by atoms with E-state index in [2.05, 4.69) is 33.3 Å². The van der Waals surface area contributed by atoms with Crippen LogP contribution in [0.4, 0.5) is 5.95 Å². The molecule has 3 heterocycles. The van der Waals surface area contributed by atoms with Crippen molar-refractivity contribution in [2.24, 2.45) is 0 Å². The molecule has 0 radical (unpaired) electrons. The van der Waals surface area contributed by atoms with Gasteiger partial charge in [-0.25, -0.2) is 9.36 Å². The Bertz CT molecular complexity index is 1510. The standard InChI is InChI=1S/C26H29N7O3.ClH/c1-4-7-15-31-22-23(29-25(31)30-16-13-27-14-17-30)32(18-21(34)28-12-5-2)26(36)33(24(22)35)20-11-9-8-10-19(20)6-3;/h2,8-11,27H,6,12-18H2,1,3H3,(H,28,34);1H. The number of rotatable bonds is 7. The number of halogens is 1. The summed E-state index contributed by atoms with van der Waals surface area (Å²) >= 11 is 0. The second-order valence-electron chi connectivity index (χ2n) is 8.31. The molecule has 3 aromatic rings. The first-order valence-corrected chi connectivity index (χ1v) is 11.9. The van der Waals surface area contributed by atoms with Gasteiger partial charge in [-0.2, -0.15) is 4.98 Å². The van der Waals surface area contributed by atoms with E-state index in [1.807, 2.05) is 19.1 Å². The van der Waals surface area contributed by atoms with Crippen molar-refractivity contribution in [3.8, 4) is 29.9 Å². The van der Waals surface area contributed by atoms with Crippen LogP contribution in [0.5, 0.6) is 0 Å². The second-order valence-corrected chi connectivity index (χ2v) is 8.31. The molecule has 2 aromatic heterocycles. The molecule has 1 aliphatic rings. The van der Waals surface area contributed by atoms with Crippen molar-refractivity contribution in [2.45, 2.75) is 33.4 Å². The number of terminal acetylenes is 1. The van der Waals surface area contributed by atoms with Gasteiger partial charge in [-0.15, -0.1) is 24.8 Å². The summed E-state index contributed by atoms with van der Waals surface area (Å²) in [5.41, 5.74) is 0.554. The molecule has 10 nitrogen and oxygen atoms in total. The highest BCUT2D eigenvalue weighted by molar-refractivity contribution is 5.85. The van der Waals surface area contributed by atoms with Gasteiger partial charge in [0.15, 0.2) is 11.2 Å². The van der Waals surface area contributed by atoms with E-state index in [0.717, 1.165) is 23.2 Å². The van der Waals surface area contributed by atoms with Gasteiger partial charge in [0.2, 0.25) is 11.9 Å². The number of imidazole rings is 1. The fourth-order valence-electron chi connectivity index (χ4n) is 4.38. The molecule has 37 heavy (non-hydrogen) atoms. The Balaban J connectivity index is 0.00000380. The molecule has 0 atom stereocenters. The Morgan fingerprint density at radius 3 is 2.59 bits per heavy atom. The van der Waals surface area contributed by atoms with Crippen molar-refractivity contribution >= 4 is 35.4 Å². The second kappa shape index (κ2) is 12.3. The molecule has 0 spiro atoms. The van der Waals surface area contributed by atoms with Crippen molar-refractivity contribution in [3.05, 3.63) is 50.7 Å². The Morgan fingerprint density at radius 2 is 1.92 bits per heavy atom. The van der Waals surface area contributed by atoms with Crippen LogP contribution >= 0.6 is 12.4 Å². The molecule has 1 saturated heterocycles. The van der Waals surface area contributed by atoms with E-state index in [1.54, 1.807) is 23.6 Å². The summed E-state index contributed by atoms with van der Waals surface area (Å²) < 4.78 is 4.13. The largest absolute Gasteiger partial charge is 0.344 e. The number of amides is 1. The first kappa shape index (κ1) is 27.6. The highest BCUT2D eigenvalue weighted by Crippen LogP contribution is 2.21. The van der Waals surface area contributed by atoms with E-state index >= 15 is 0 Å². The molecule has 1 aromatic carbocycles. The minimum absolute atomic E-state index is 0. The van der Waals surface area contributed by atoms with Crippen LogP contribution in [0.25, 0.3) is 16.9 Å². The molecule has 0 unspecified atom stereocenters. The minimum Gasteiger partial charge on any atom is -0.344 e. The summed E-state index contributed by atoms with van der Waals surface area (Å²) in [6, 6.07) is 7.25. The first-order valence-electron chi connectivity index (χ1n) is 11.9. The fraction of sp³-hybridized carbons (Fsp3) is 0.385. The number of para-hydroxylation sites is 1. The van der Waals surface area contributed by atoms with Crippen molar-refractivity contribution in [3.63, 3.8) is 0 Å². The number of aryl methyl sites for hydroxylation is 1. The number of carbonyl (C=O) groups excluding carboxylic acids is 1. The molecular weight excluding hydrogens is 494 g/mol. The van der Waals surface area contributed by atoms with Gasteiger partial charge in [-0.05, 0) is 25.0 Å². The lowest BCUT2D eigenvalue weighted by molar-refractivity contribution is -0.121. The average molecular weight is 524 g/mol. The third-order valence-electron chi connectivity index (χ3n) is 6.13. The molecular formula is C26H30ClN7O3. The molecule has 2 N–H and O–H groups in total. The predicted molar refractivity (Wildman–Crippen MR) is 147 cm³/mol. The SMILES string of the molecule is C#CCNC(=O)Cn1c(=O)n(-c2ccccc2CC)c(=O)c2c1nc(N1CCNCC1)n2CC#CC.Cl. The number of nitrogens with one attached hydrogen (secondary N) is 2. The maximum absolute atomic E-state index is 14.0. The predicted octanol–water partition coefficient (Wildman–Crippen LogP) is 0.515. The van der Waals surface area contributed by atoms with Crippen molar-refractivity contribution in [1.29, 1.82) is 0 Å². The number of carbonyl (C=O) groups is 1. The van der Waals surface area contributed by atoms with Crippen molar-refractivity contribution in [2.75, 3.05) is 37.6 Å². The maximum atomic E-state index is 14.0. The third kappa shape index (κ3) is 5.41. The number of anilines is 1. The summed E-state index contributed by atoms with van der Waals surface area (Å²) in [6.45, 7) is 6.49. The van der Waals surface area contributed by atoms with Gasteiger partial charge in [0.05, 0.1) is 18.8 Å². The Hall–Kier alpha value is -3.99. The zero-order valence-electron chi connectivity index (χ0n) is 20.9. The normalized spacial score (nSPS) is 12.8. The zero-order valence-corrected chi connectivity index (χ0v) is 21.7. The number of hydrogen-bond acceptors (Lipinski definition) is 6. The minimum atomic E-state index is -0.637. The Labute approximate surface area is 221 Å². The Kier molecular flexibility index (Phi) is 9.18. The summed E-state index contributed by atoms with van der Waals surface area (Å²) in [5.74, 6) is 8.36. The maximum Gasteiger partial charge on any atom is 0.337 e. The third-order valence-corrected chi connectivity index (χ3v) is 6.13. The van der Waals surface area contributed by atoms with Crippen LogP contribution < -0.4 is 26.8 Å². The van der Waals surface area contributed by atoms with Crippen LogP contribution in [-0.4, -0.2) is 57.3 Å². The van der Waals surface area contributed by atoms with Crippen LogP contribution in [0, 0.1) is 24.2 Å². The van der Waals surface area contributed by atoms with Crippen LogP contribution in [0.15, 0.2) is 33.9 Å². The number of benzene rings is 1. The molecule has 0 saturated carbocycles. The summed E-state index contributed by atoms with van der Waals surface area (Å²) in [5, 5.41) is 5.90. The summed E-state index contributed by atoms with van der Waals surface area (Å²) in [4.78, 5) is 47.3. The highest BCUT2D eigenvalue weighted by Gasteiger charge is 2.26. The van der Waals surface area contributed by atoms with Gasteiger partial charge >= 0.3 is 5.69 Å². The van der Waals surface area contributed by atoms with E-state index in [1.165, 1.54) is 4.57 Å². The van der Waals surface area contributed by atoms with Gasteiger partial charge in [0, 0.05) is 26.2 Å². The number of piperazine rings is 1. The molecule has 1 fully saturated rings. The van der Waals surface area contributed by atoms with Gasteiger partial charge in [0.25, 0.3) is 5.56 Å². The van der Waals surface area contributed by atoms with E-state index < -0.39 is 17.2 Å². The first-order chi connectivity index (χ1) is 17.5. The molecule has 0 aliphatic carbocycles. The van der Waals surface area contributed by atoms with Gasteiger partial charge in [0.1, 0.15) is 6.54 Å². The van der Waals surface area contributed by atoms with Crippen molar-refractivity contribution < 1.29 is 4.79 Å². The van der Waals surface area contributed by atoms with E-state index in [9.17, 15) is 14.4 Å². The number of fused-ring (bicyclic) bond motifs is 1. The molecule has 0 bridgehead atoms. The van der Waals surface area contributed by atoms with Crippen LogP contribution in [0.3, 0.4) is 0 Å². The zero-order chi connectivity index (χ0) is 25.7. The van der Waals surface area contributed by atoms with Crippen molar-refractivity contribution in [1.82, 2.24) is 29.3 Å². The van der Waals surface area contributed by atoms with E-state index in [-0.39, 0.29) is 43.2 Å². The summed E-state index contributed by atoms with van der Waals surface area (Å²) in [7, 11) is 0. The number of nitrogens with zero attached hydrogens (tertiary/aromatic N) is 5. The van der Waals surface area contributed by atoms with E-state index in [4.69, 9.17) is 11.4 Å². The molecule has 11 heteroatoms. The lowest BCUT2D eigenvalue weighted by atomic mass is 10.1.